The first-order chi connectivity index (χ1) is 15.1. The maximum absolute atomic E-state index is 12.9. The van der Waals surface area contributed by atoms with Gasteiger partial charge >= 0.3 is 0 Å². The number of amides is 1. The van der Waals surface area contributed by atoms with E-state index in [0.717, 1.165) is 11.1 Å². The molecule has 1 aliphatic heterocycles. The van der Waals surface area contributed by atoms with E-state index in [1.807, 2.05) is 72.8 Å². The minimum Gasteiger partial charge on any atom is -0.503 e. The molecule has 3 aromatic carbocycles. The summed E-state index contributed by atoms with van der Waals surface area (Å²) in [5, 5.41) is 10.5. The summed E-state index contributed by atoms with van der Waals surface area (Å²) in [6.07, 6.45) is 0.198. The number of carbonyl (C=O) groups excluding carboxylic acids is 2. The minimum atomic E-state index is -0.689. The number of carbonyl (C=O) groups is 2. The number of aliphatic hydroxyl groups is 1. The lowest BCUT2D eigenvalue weighted by atomic mass is 9.95. The van der Waals surface area contributed by atoms with Crippen LogP contribution < -0.4 is 9.64 Å². The monoisotopic (exact) mass is 413 g/mol. The van der Waals surface area contributed by atoms with Crippen LogP contribution in [0.3, 0.4) is 0 Å². The van der Waals surface area contributed by atoms with Crippen molar-refractivity contribution >= 4 is 17.4 Å². The van der Waals surface area contributed by atoms with E-state index in [0.29, 0.717) is 18.0 Å². The van der Waals surface area contributed by atoms with Crippen molar-refractivity contribution in [3.8, 4) is 5.75 Å². The molecule has 1 heterocycles. The van der Waals surface area contributed by atoms with Crippen molar-refractivity contribution in [2.24, 2.45) is 0 Å². The third-order valence-corrected chi connectivity index (χ3v) is 5.31. The van der Waals surface area contributed by atoms with Crippen molar-refractivity contribution < 1.29 is 19.4 Å². The van der Waals surface area contributed by atoms with E-state index in [4.69, 9.17) is 4.74 Å². The van der Waals surface area contributed by atoms with Crippen molar-refractivity contribution in [3.05, 3.63) is 107 Å². The van der Waals surface area contributed by atoms with Gasteiger partial charge in [0.15, 0.2) is 11.5 Å². The molecule has 0 aromatic heterocycles. The van der Waals surface area contributed by atoms with Crippen molar-refractivity contribution in [3.63, 3.8) is 0 Å². The number of benzene rings is 3. The lowest BCUT2D eigenvalue weighted by Crippen LogP contribution is -2.30. The Balaban J connectivity index is 1.65. The minimum absolute atomic E-state index is 0.134. The molecular formula is C26H23NO4. The molecule has 1 amide bonds. The van der Waals surface area contributed by atoms with Crippen LogP contribution in [0.1, 0.15) is 30.5 Å². The van der Waals surface area contributed by atoms with Gasteiger partial charge in [-0.3, -0.25) is 14.5 Å². The van der Waals surface area contributed by atoms with E-state index in [9.17, 15) is 14.7 Å². The van der Waals surface area contributed by atoms with Gasteiger partial charge in [-0.25, -0.2) is 0 Å². The zero-order valence-corrected chi connectivity index (χ0v) is 17.2. The van der Waals surface area contributed by atoms with E-state index in [-0.39, 0.29) is 17.8 Å². The maximum Gasteiger partial charge on any atom is 0.294 e. The van der Waals surface area contributed by atoms with Crippen LogP contribution in [0.15, 0.2) is 96.3 Å². The summed E-state index contributed by atoms with van der Waals surface area (Å²) < 4.78 is 5.85. The molecule has 0 saturated carbocycles. The first kappa shape index (κ1) is 20.4. The Morgan fingerprint density at radius 3 is 2.16 bits per heavy atom. The molecule has 0 spiro atoms. The number of anilines is 1. The van der Waals surface area contributed by atoms with Crippen molar-refractivity contribution in [1.29, 1.82) is 0 Å². The number of rotatable bonds is 7. The Labute approximate surface area is 181 Å². The summed E-state index contributed by atoms with van der Waals surface area (Å²) >= 11 is 0. The molecule has 1 N–H and O–H groups in total. The Morgan fingerprint density at radius 2 is 1.55 bits per heavy atom. The number of Topliss-reactive ketones (excluding diaryl/α,β-unsaturated/α-hetero) is 1. The van der Waals surface area contributed by atoms with Crippen molar-refractivity contribution in [2.75, 3.05) is 4.90 Å². The maximum atomic E-state index is 12.9. The van der Waals surface area contributed by atoms with Gasteiger partial charge < -0.3 is 9.84 Å². The summed E-state index contributed by atoms with van der Waals surface area (Å²) in [7, 11) is 0. The fourth-order valence-corrected chi connectivity index (χ4v) is 3.74. The Morgan fingerprint density at radius 1 is 0.935 bits per heavy atom. The molecule has 5 heteroatoms. The third kappa shape index (κ3) is 4.08. The average molecular weight is 413 g/mol. The van der Waals surface area contributed by atoms with Gasteiger partial charge in [0.05, 0.1) is 11.6 Å². The largest absolute Gasteiger partial charge is 0.503 e. The van der Waals surface area contributed by atoms with Crippen LogP contribution in [0, 0.1) is 0 Å². The first-order valence-electron chi connectivity index (χ1n) is 10.2. The highest BCUT2D eigenvalue weighted by Crippen LogP contribution is 2.41. The molecule has 1 atom stereocenters. The molecule has 3 aromatic rings. The third-order valence-electron chi connectivity index (χ3n) is 5.31. The molecule has 0 fully saturated rings. The van der Waals surface area contributed by atoms with E-state index < -0.39 is 17.7 Å². The molecule has 0 radical (unpaired) electrons. The summed E-state index contributed by atoms with van der Waals surface area (Å²) in [4.78, 5) is 27.0. The molecule has 0 saturated heterocycles. The molecule has 31 heavy (non-hydrogen) atoms. The van der Waals surface area contributed by atoms with Gasteiger partial charge in [0.1, 0.15) is 12.4 Å². The fraction of sp³-hybridized carbons (Fsp3) is 0.154. The van der Waals surface area contributed by atoms with E-state index in [2.05, 4.69) is 0 Å². The molecule has 156 valence electrons. The summed E-state index contributed by atoms with van der Waals surface area (Å²) in [5.41, 5.74) is 2.54. The van der Waals surface area contributed by atoms with Gasteiger partial charge in [-0.15, -0.1) is 0 Å². The smallest absolute Gasteiger partial charge is 0.294 e. The average Bonchev–Trinajstić information content (AvgIpc) is 3.09. The number of nitrogens with zero attached hydrogens (tertiary/aromatic N) is 1. The molecule has 1 unspecified atom stereocenters. The van der Waals surface area contributed by atoms with Crippen LogP contribution in [-0.2, 0) is 16.2 Å². The Kier molecular flexibility index (Phi) is 5.85. The molecular weight excluding hydrogens is 390 g/mol. The second kappa shape index (κ2) is 8.88. The molecule has 0 aliphatic carbocycles. The van der Waals surface area contributed by atoms with Gasteiger partial charge in [0.2, 0.25) is 0 Å². The van der Waals surface area contributed by atoms with Crippen LogP contribution >= 0.6 is 0 Å². The van der Waals surface area contributed by atoms with E-state index in [1.165, 1.54) is 4.90 Å². The number of hydrogen-bond acceptors (Lipinski definition) is 4. The Hall–Kier alpha value is -3.86. The SMILES string of the molecule is CCC(=O)C1=C(O)C(=O)N(c2ccccc2)C1c1ccc(OCc2ccccc2)cc1. The lowest BCUT2D eigenvalue weighted by molar-refractivity contribution is -0.118. The van der Waals surface area contributed by atoms with Crippen LogP contribution in [0.4, 0.5) is 5.69 Å². The van der Waals surface area contributed by atoms with Crippen molar-refractivity contribution in [1.82, 2.24) is 0 Å². The van der Waals surface area contributed by atoms with Gasteiger partial charge in [-0.1, -0.05) is 67.6 Å². The van der Waals surface area contributed by atoms with E-state index >= 15 is 0 Å². The number of hydrogen-bond donors (Lipinski definition) is 1. The summed E-state index contributed by atoms with van der Waals surface area (Å²) in [6.45, 7) is 2.16. The van der Waals surface area contributed by atoms with Crippen molar-refractivity contribution in [2.45, 2.75) is 26.0 Å². The van der Waals surface area contributed by atoms with Crippen LogP contribution in [0.5, 0.6) is 5.75 Å². The summed E-state index contributed by atoms with van der Waals surface area (Å²) in [6, 6.07) is 25.5. The zero-order valence-electron chi connectivity index (χ0n) is 17.2. The predicted octanol–water partition coefficient (Wildman–Crippen LogP) is 5.14. The van der Waals surface area contributed by atoms with E-state index in [1.54, 1.807) is 19.1 Å². The molecule has 1 aliphatic rings. The van der Waals surface area contributed by atoms with Crippen LogP contribution in [0.25, 0.3) is 0 Å². The first-order valence-corrected chi connectivity index (χ1v) is 10.2. The number of para-hydroxylation sites is 1. The van der Waals surface area contributed by atoms with Gasteiger partial charge in [0, 0.05) is 12.1 Å². The quantitative estimate of drug-likeness (QED) is 0.582. The Bertz CT molecular complexity index is 1110. The van der Waals surface area contributed by atoms with Gasteiger partial charge in [-0.05, 0) is 35.4 Å². The number of ketones is 1. The predicted molar refractivity (Wildman–Crippen MR) is 119 cm³/mol. The zero-order chi connectivity index (χ0) is 21.8. The highest BCUT2D eigenvalue weighted by atomic mass is 16.5. The second-order valence-corrected chi connectivity index (χ2v) is 7.30. The molecule has 0 bridgehead atoms. The van der Waals surface area contributed by atoms with Crippen LogP contribution in [0.2, 0.25) is 0 Å². The van der Waals surface area contributed by atoms with Gasteiger partial charge in [0.25, 0.3) is 5.91 Å². The van der Waals surface area contributed by atoms with Crippen LogP contribution in [-0.4, -0.2) is 16.8 Å². The highest BCUT2D eigenvalue weighted by molar-refractivity contribution is 6.16. The molecule has 5 nitrogen and oxygen atoms in total. The fourth-order valence-electron chi connectivity index (χ4n) is 3.74. The highest BCUT2D eigenvalue weighted by Gasteiger charge is 2.43. The topological polar surface area (TPSA) is 66.8 Å². The lowest BCUT2D eigenvalue weighted by Gasteiger charge is -2.27. The number of ether oxygens (including phenoxy) is 1. The summed E-state index contributed by atoms with van der Waals surface area (Å²) in [5.74, 6) is -0.624. The normalized spacial score (nSPS) is 16.0. The van der Waals surface area contributed by atoms with Gasteiger partial charge in [-0.2, -0.15) is 0 Å². The standard InChI is InChI=1S/C26H23NO4/c1-2-22(28)23-24(27(26(30)25(23)29)20-11-7-4-8-12-20)19-13-15-21(16-14-19)31-17-18-9-5-3-6-10-18/h3-16,24,29H,2,17H2,1H3. The number of aliphatic hydroxyl groups excluding tert-OH is 1. The molecule has 4 rings (SSSR count). The second-order valence-electron chi connectivity index (χ2n) is 7.30.